The third kappa shape index (κ3) is 4.78. The molecule has 1 aromatic carbocycles. The average molecular weight is 349 g/mol. The van der Waals surface area contributed by atoms with Gasteiger partial charge in [-0.15, -0.1) is 11.3 Å². The van der Waals surface area contributed by atoms with E-state index in [1.165, 1.54) is 14.2 Å². The van der Waals surface area contributed by atoms with Gasteiger partial charge in [-0.05, 0) is 5.56 Å². The molecule has 1 aromatic heterocycles. The van der Waals surface area contributed by atoms with Gasteiger partial charge in [0, 0.05) is 5.38 Å². The van der Waals surface area contributed by atoms with Gasteiger partial charge >= 0.3 is 12.1 Å². The zero-order chi connectivity index (χ0) is 17.4. The third-order valence-corrected chi connectivity index (χ3v) is 3.49. The number of nitrogens with zero attached hydrogens (tertiary/aromatic N) is 2. The SMILES string of the molecule is CON=C(C(=O)OCc1ccccc1)c1csc(NC(=O)OC)n1. The Balaban J connectivity index is 2.07. The molecule has 0 saturated heterocycles. The second-order valence-corrected chi connectivity index (χ2v) is 5.20. The minimum absolute atomic E-state index is 0.0948. The van der Waals surface area contributed by atoms with E-state index in [2.05, 4.69) is 25.0 Å². The van der Waals surface area contributed by atoms with Gasteiger partial charge in [-0.3, -0.25) is 5.32 Å². The topological polar surface area (TPSA) is 99.1 Å². The van der Waals surface area contributed by atoms with Crippen LogP contribution in [-0.2, 0) is 25.7 Å². The highest BCUT2D eigenvalue weighted by atomic mass is 32.1. The van der Waals surface area contributed by atoms with E-state index in [-0.39, 0.29) is 23.1 Å². The number of methoxy groups -OCH3 is 1. The zero-order valence-corrected chi connectivity index (χ0v) is 13.8. The molecule has 0 saturated carbocycles. The Morgan fingerprint density at radius 2 is 2.00 bits per heavy atom. The predicted octanol–water partition coefficient (Wildman–Crippen LogP) is 2.42. The van der Waals surface area contributed by atoms with Crippen molar-refractivity contribution in [1.82, 2.24) is 4.98 Å². The Bertz CT molecular complexity index is 730. The normalized spacial score (nSPS) is 10.8. The maximum Gasteiger partial charge on any atom is 0.413 e. The number of aromatic nitrogens is 1. The fourth-order valence-electron chi connectivity index (χ4n) is 1.65. The molecule has 0 aliphatic rings. The zero-order valence-electron chi connectivity index (χ0n) is 13.0. The molecule has 2 rings (SSSR count). The Morgan fingerprint density at radius 1 is 1.25 bits per heavy atom. The van der Waals surface area contributed by atoms with Gasteiger partial charge in [-0.2, -0.15) is 0 Å². The van der Waals surface area contributed by atoms with Crippen molar-refractivity contribution in [2.75, 3.05) is 19.5 Å². The monoisotopic (exact) mass is 349 g/mol. The van der Waals surface area contributed by atoms with Crippen molar-refractivity contribution in [2.24, 2.45) is 5.16 Å². The van der Waals surface area contributed by atoms with Crippen molar-refractivity contribution in [3.63, 3.8) is 0 Å². The first-order valence-electron chi connectivity index (χ1n) is 6.77. The quantitative estimate of drug-likeness (QED) is 0.488. The number of hydrogen-bond donors (Lipinski definition) is 1. The summed E-state index contributed by atoms with van der Waals surface area (Å²) in [7, 11) is 2.55. The predicted molar refractivity (Wildman–Crippen MR) is 87.9 cm³/mol. The van der Waals surface area contributed by atoms with Gasteiger partial charge in [0.05, 0.1) is 7.11 Å². The summed E-state index contributed by atoms with van der Waals surface area (Å²) in [6.45, 7) is 0.0970. The van der Waals surface area contributed by atoms with Gasteiger partial charge in [-0.1, -0.05) is 35.5 Å². The van der Waals surface area contributed by atoms with Crippen LogP contribution in [0.3, 0.4) is 0 Å². The number of hydrogen-bond acceptors (Lipinski definition) is 8. The van der Waals surface area contributed by atoms with Crippen molar-refractivity contribution in [2.45, 2.75) is 6.61 Å². The number of oxime groups is 1. The molecule has 8 nitrogen and oxygen atoms in total. The van der Waals surface area contributed by atoms with Crippen LogP contribution >= 0.6 is 11.3 Å². The lowest BCUT2D eigenvalue weighted by Gasteiger charge is -2.05. The van der Waals surface area contributed by atoms with Crippen molar-refractivity contribution >= 4 is 34.2 Å². The molecule has 0 radical (unpaired) electrons. The maximum atomic E-state index is 12.2. The van der Waals surface area contributed by atoms with Crippen LogP contribution in [0.2, 0.25) is 0 Å². The molecule has 0 spiro atoms. The van der Waals surface area contributed by atoms with Crippen LogP contribution in [0.25, 0.3) is 0 Å². The van der Waals surface area contributed by atoms with E-state index in [0.717, 1.165) is 16.9 Å². The number of nitrogens with one attached hydrogen (secondary N) is 1. The maximum absolute atomic E-state index is 12.2. The van der Waals surface area contributed by atoms with Crippen molar-refractivity contribution in [3.05, 3.63) is 47.0 Å². The number of carbonyl (C=O) groups is 2. The molecule has 1 heterocycles. The molecule has 0 atom stereocenters. The van der Waals surface area contributed by atoms with E-state index >= 15 is 0 Å². The first-order valence-corrected chi connectivity index (χ1v) is 7.65. The van der Waals surface area contributed by atoms with Crippen LogP contribution in [0.4, 0.5) is 9.93 Å². The molecule has 1 N–H and O–H groups in total. The van der Waals surface area contributed by atoms with Gasteiger partial charge in [0.2, 0.25) is 5.71 Å². The van der Waals surface area contributed by atoms with Crippen LogP contribution in [-0.4, -0.2) is 37.0 Å². The van der Waals surface area contributed by atoms with Crippen LogP contribution in [0, 0.1) is 0 Å². The molecule has 0 aliphatic carbocycles. The molecule has 0 bridgehead atoms. The summed E-state index contributed by atoms with van der Waals surface area (Å²) >= 11 is 1.11. The second kappa shape index (κ2) is 8.63. The fourth-order valence-corrected chi connectivity index (χ4v) is 2.33. The number of carbonyl (C=O) groups excluding carboxylic acids is 2. The van der Waals surface area contributed by atoms with E-state index in [1.54, 1.807) is 5.38 Å². The van der Waals surface area contributed by atoms with Gasteiger partial charge in [-0.25, -0.2) is 14.6 Å². The summed E-state index contributed by atoms with van der Waals surface area (Å²) < 4.78 is 9.69. The summed E-state index contributed by atoms with van der Waals surface area (Å²) in [5, 5.41) is 7.87. The van der Waals surface area contributed by atoms with E-state index in [1.807, 2.05) is 30.3 Å². The van der Waals surface area contributed by atoms with Crippen LogP contribution in [0.15, 0.2) is 40.9 Å². The summed E-state index contributed by atoms with van der Waals surface area (Å²) in [6.07, 6.45) is -0.659. The van der Waals surface area contributed by atoms with Crippen molar-refractivity contribution in [1.29, 1.82) is 0 Å². The van der Waals surface area contributed by atoms with Gasteiger partial charge in [0.15, 0.2) is 5.13 Å². The number of amides is 1. The summed E-state index contributed by atoms with van der Waals surface area (Å²) in [5.74, 6) is -0.685. The first kappa shape index (κ1) is 17.4. The molecule has 0 aliphatic heterocycles. The van der Waals surface area contributed by atoms with E-state index in [0.29, 0.717) is 0 Å². The average Bonchev–Trinajstić information content (AvgIpc) is 3.06. The number of benzene rings is 1. The molecule has 126 valence electrons. The number of ether oxygens (including phenoxy) is 2. The highest BCUT2D eigenvalue weighted by Gasteiger charge is 2.21. The third-order valence-electron chi connectivity index (χ3n) is 2.73. The molecule has 24 heavy (non-hydrogen) atoms. The Kier molecular flexibility index (Phi) is 6.26. The smallest absolute Gasteiger partial charge is 0.413 e. The first-order chi connectivity index (χ1) is 11.6. The van der Waals surface area contributed by atoms with Gasteiger partial charge in [0.25, 0.3) is 0 Å². The van der Waals surface area contributed by atoms with Crippen molar-refractivity contribution in [3.8, 4) is 0 Å². The summed E-state index contributed by atoms with van der Waals surface area (Å²) in [6, 6.07) is 9.23. The minimum atomic E-state index is -0.685. The lowest BCUT2D eigenvalue weighted by atomic mass is 10.2. The lowest BCUT2D eigenvalue weighted by Crippen LogP contribution is -2.20. The molecular weight excluding hydrogens is 334 g/mol. The van der Waals surface area contributed by atoms with Crippen LogP contribution in [0.1, 0.15) is 11.3 Å². The largest absolute Gasteiger partial charge is 0.456 e. The molecule has 9 heteroatoms. The summed E-state index contributed by atoms with van der Waals surface area (Å²) in [5.41, 5.74) is 0.975. The number of rotatable bonds is 6. The van der Waals surface area contributed by atoms with E-state index in [4.69, 9.17) is 4.74 Å². The number of anilines is 1. The number of thiazole rings is 1. The molecule has 2 aromatic rings. The van der Waals surface area contributed by atoms with Crippen LogP contribution < -0.4 is 5.32 Å². The Hall–Kier alpha value is -2.94. The minimum Gasteiger partial charge on any atom is -0.456 e. The Labute approximate surface area is 142 Å². The number of esters is 1. The molecule has 1 amide bonds. The standard InChI is InChI=1S/C15H15N3O5S/c1-21-15(20)17-14-16-11(9-24-14)12(18-22-2)13(19)23-8-10-6-4-3-5-7-10/h3-7,9H,8H2,1-2H3,(H,16,17,20). The molecule has 0 unspecified atom stereocenters. The fraction of sp³-hybridized carbons (Fsp3) is 0.200. The van der Waals surface area contributed by atoms with E-state index < -0.39 is 12.1 Å². The summed E-state index contributed by atoms with van der Waals surface area (Å²) in [4.78, 5) is 32.2. The van der Waals surface area contributed by atoms with Gasteiger partial charge < -0.3 is 14.3 Å². The van der Waals surface area contributed by atoms with Gasteiger partial charge in [0.1, 0.15) is 19.4 Å². The lowest BCUT2D eigenvalue weighted by molar-refractivity contribution is -0.136. The Morgan fingerprint density at radius 3 is 2.67 bits per heavy atom. The van der Waals surface area contributed by atoms with Crippen LogP contribution in [0.5, 0.6) is 0 Å². The van der Waals surface area contributed by atoms with Crippen molar-refractivity contribution < 1.29 is 23.9 Å². The highest BCUT2D eigenvalue weighted by molar-refractivity contribution is 7.14. The second-order valence-electron chi connectivity index (χ2n) is 4.34. The highest BCUT2D eigenvalue weighted by Crippen LogP contribution is 2.17. The van der Waals surface area contributed by atoms with E-state index in [9.17, 15) is 9.59 Å². The molecular formula is C15H15N3O5S. The molecule has 0 fully saturated rings.